The van der Waals surface area contributed by atoms with Crippen molar-refractivity contribution in [2.45, 2.75) is 38.6 Å². The summed E-state index contributed by atoms with van der Waals surface area (Å²) in [6.07, 6.45) is 2.56. The van der Waals surface area contributed by atoms with E-state index in [4.69, 9.17) is 4.74 Å². The van der Waals surface area contributed by atoms with Crippen LogP contribution < -0.4 is 5.32 Å². The average Bonchev–Trinajstić information content (AvgIpc) is 2.29. The summed E-state index contributed by atoms with van der Waals surface area (Å²) in [7, 11) is 1.77. The van der Waals surface area contributed by atoms with Gasteiger partial charge in [-0.2, -0.15) is 0 Å². The van der Waals surface area contributed by atoms with Gasteiger partial charge in [-0.3, -0.25) is 0 Å². The Morgan fingerprint density at radius 1 is 1.28 bits per heavy atom. The second-order valence-corrected chi connectivity index (χ2v) is 5.74. The molecular formula is C16H25NO. The van der Waals surface area contributed by atoms with Crippen LogP contribution in [0, 0.1) is 12.8 Å². The second kappa shape index (κ2) is 6.35. The Balaban J connectivity index is 1.69. The van der Waals surface area contributed by atoms with E-state index in [1.807, 2.05) is 0 Å². The lowest BCUT2D eigenvalue weighted by atomic mass is 9.75. The molecule has 1 N–H and O–H groups in total. The largest absolute Gasteiger partial charge is 0.384 e. The van der Waals surface area contributed by atoms with Gasteiger partial charge in [-0.1, -0.05) is 36.8 Å². The third-order valence-corrected chi connectivity index (χ3v) is 3.89. The first-order valence-corrected chi connectivity index (χ1v) is 6.98. The Bertz CT molecular complexity index is 354. The normalized spacial score (nSPS) is 24.6. The predicted octanol–water partition coefficient (Wildman–Crippen LogP) is 3.11. The highest BCUT2D eigenvalue weighted by Crippen LogP contribution is 2.36. The molecule has 0 bridgehead atoms. The number of nitrogens with one attached hydrogen (secondary N) is 1. The van der Waals surface area contributed by atoms with Crippen molar-refractivity contribution in [2.75, 3.05) is 20.3 Å². The van der Waals surface area contributed by atoms with Crippen LogP contribution in [0.3, 0.4) is 0 Å². The highest BCUT2D eigenvalue weighted by atomic mass is 16.5. The molecule has 2 rings (SSSR count). The fraction of sp³-hybridized carbons (Fsp3) is 0.625. The van der Waals surface area contributed by atoms with Crippen molar-refractivity contribution < 1.29 is 4.74 Å². The summed E-state index contributed by atoms with van der Waals surface area (Å²) in [4.78, 5) is 0. The van der Waals surface area contributed by atoms with E-state index in [9.17, 15) is 0 Å². The quantitative estimate of drug-likeness (QED) is 0.834. The maximum absolute atomic E-state index is 5.15. The molecule has 100 valence electrons. The highest BCUT2D eigenvalue weighted by molar-refractivity contribution is 5.26. The molecule has 1 atom stereocenters. The zero-order valence-electron chi connectivity index (χ0n) is 11.8. The zero-order valence-corrected chi connectivity index (χ0v) is 11.8. The minimum absolute atomic E-state index is 0.605. The van der Waals surface area contributed by atoms with Gasteiger partial charge in [0.05, 0.1) is 0 Å². The van der Waals surface area contributed by atoms with Crippen molar-refractivity contribution in [2.24, 2.45) is 5.92 Å². The van der Waals surface area contributed by atoms with Crippen LogP contribution in [0.1, 0.15) is 36.8 Å². The molecule has 1 aliphatic carbocycles. The lowest BCUT2D eigenvalue weighted by Gasteiger charge is -2.37. The highest BCUT2D eigenvalue weighted by Gasteiger charge is 2.29. The van der Waals surface area contributed by atoms with E-state index in [-0.39, 0.29) is 0 Å². The van der Waals surface area contributed by atoms with Gasteiger partial charge < -0.3 is 10.1 Å². The van der Waals surface area contributed by atoms with Gasteiger partial charge in [0.15, 0.2) is 0 Å². The first kappa shape index (κ1) is 13.6. The average molecular weight is 247 g/mol. The van der Waals surface area contributed by atoms with Gasteiger partial charge in [-0.05, 0) is 37.2 Å². The second-order valence-electron chi connectivity index (χ2n) is 5.74. The van der Waals surface area contributed by atoms with Gasteiger partial charge in [-0.25, -0.2) is 0 Å². The molecule has 1 aliphatic rings. The fourth-order valence-corrected chi connectivity index (χ4v) is 2.61. The third kappa shape index (κ3) is 3.56. The monoisotopic (exact) mass is 247 g/mol. The van der Waals surface area contributed by atoms with E-state index in [0.717, 1.165) is 19.1 Å². The SMILES string of the molecule is COCC(C)CNC1CC(c2ccc(C)cc2)C1. The Labute approximate surface area is 111 Å². The first-order valence-electron chi connectivity index (χ1n) is 6.98. The number of aryl methyl sites for hydroxylation is 1. The van der Waals surface area contributed by atoms with Crippen LogP contribution in [0.5, 0.6) is 0 Å². The van der Waals surface area contributed by atoms with Crippen LogP contribution in [-0.4, -0.2) is 26.3 Å². The lowest BCUT2D eigenvalue weighted by molar-refractivity contribution is 0.152. The van der Waals surface area contributed by atoms with E-state index in [0.29, 0.717) is 12.0 Å². The molecular weight excluding hydrogens is 222 g/mol. The summed E-state index contributed by atoms with van der Waals surface area (Å²) in [6, 6.07) is 9.71. The van der Waals surface area contributed by atoms with E-state index >= 15 is 0 Å². The van der Waals surface area contributed by atoms with Gasteiger partial charge in [0.1, 0.15) is 0 Å². The van der Waals surface area contributed by atoms with E-state index in [1.165, 1.54) is 24.0 Å². The van der Waals surface area contributed by atoms with Crippen LogP contribution in [0.25, 0.3) is 0 Å². The van der Waals surface area contributed by atoms with Gasteiger partial charge in [0.2, 0.25) is 0 Å². The molecule has 0 spiro atoms. The molecule has 0 heterocycles. The summed E-state index contributed by atoms with van der Waals surface area (Å²) in [5.74, 6) is 1.37. The Morgan fingerprint density at radius 2 is 1.94 bits per heavy atom. The van der Waals surface area contributed by atoms with Crippen LogP contribution in [0.4, 0.5) is 0 Å². The molecule has 1 unspecified atom stereocenters. The minimum atomic E-state index is 0.605. The van der Waals surface area contributed by atoms with Gasteiger partial charge in [-0.15, -0.1) is 0 Å². The van der Waals surface area contributed by atoms with Crippen molar-refractivity contribution >= 4 is 0 Å². The van der Waals surface area contributed by atoms with Crippen LogP contribution in [0.2, 0.25) is 0 Å². The Hall–Kier alpha value is -0.860. The van der Waals surface area contributed by atoms with E-state index < -0.39 is 0 Å². The molecule has 0 saturated heterocycles. The smallest absolute Gasteiger partial charge is 0.0499 e. The Morgan fingerprint density at radius 3 is 2.56 bits per heavy atom. The molecule has 1 fully saturated rings. The topological polar surface area (TPSA) is 21.3 Å². The van der Waals surface area contributed by atoms with E-state index in [1.54, 1.807) is 7.11 Å². The maximum Gasteiger partial charge on any atom is 0.0499 e. The third-order valence-electron chi connectivity index (χ3n) is 3.89. The standard InChI is InChI=1S/C16H25NO/c1-12-4-6-14(7-5-12)15-8-16(9-15)17-10-13(2)11-18-3/h4-7,13,15-17H,8-11H2,1-3H3. The summed E-state index contributed by atoms with van der Waals surface area (Å²) in [5, 5.41) is 3.63. The van der Waals surface area contributed by atoms with Crippen molar-refractivity contribution in [1.82, 2.24) is 5.32 Å². The molecule has 1 aromatic rings. The predicted molar refractivity (Wildman–Crippen MR) is 76.0 cm³/mol. The molecule has 1 saturated carbocycles. The molecule has 0 aliphatic heterocycles. The van der Waals surface area contributed by atoms with Crippen LogP contribution >= 0.6 is 0 Å². The molecule has 0 radical (unpaired) electrons. The molecule has 0 aromatic heterocycles. The van der Waals surface area contributed by atoms with Gasteiger partial charge in [0, 0.05) is 26.3 Å². The van der Waals surface area contributed by atoms with Crippen molar-refractivity contribution in [3.8, 4) is 0 Å². The number of ether oxygens (including phenoxy) is 1. The number of methoxy groups -OCH3 is 1. The molecule has 2 heteroatoms. The molecule has 1 aromatic carbocycles. The first-order chi connectivity index (χ1) is 8.69. The molecule has 18 heavy (non-hydrogen) atoms. The summed E-state index contributed by atoms with van der Waals surface area (Å²) in [6.45, 7) is 6.29. The van der Waals surface area contributed by atoms with Gasteiger partial charge >= 0.3 is 0 Å². The maximum atomic E-state index is 5.15. The summed E-state index contributed by atoms with van der Waals surface area (Å²) < 4.78 is 5.15. The van der Waals surface area contributed by atoms with Crippen molar-refractivity contribution in [3.63, 3.8) is 0 Å². The van der Waals surface area contributed by atoms with Crippen LogP contribution in [-0.2, 0) is 4.74 Å². The molecule has 0 amide bonds. The van der Waals surface area contributed by atoms with Gasteiger partial charge in [0.25, 0.3) is 0 Å². The van der Waals surface area contributed by atoms with E-state index in [2.05, 4.69) is 43.4 Å². The Kier molecular flexibility index (Phi) is 4.79. The van der Waals surface area contributed by atoms with Crippen LogP contribution in [0.15, 0.2) is 24.3 Å². The lowest BCUT2D eigenvalue weighted by Crippen LogP contribution is -2.42. The fourth-order valence-electron chi connectivity index (χ4n) is 2.61. The number of rotatable bonds is 6. The number of hydrogen-bond donors (Lipinski definition) is 1. The number of hydrogen-bond acceptors (Lipinski definition) is 2. The summed E-state index contributed by atoms with van der Waals surface area (Å²) >= 11 is 0. The minimum Gasteiger partial charge on any atom is -0.384 e. The molecule has 2 nitrogen and oxygen atoms in total. The van der Waals surface area contributed by atoms with Crippen molar-refractivity contribution in [3.05, 3.63) is 35.4 Å². The van der Waals surface area contributed by atoms with Crippen molar-refractivity contribution in [1.29, 1.82) is 0 Å². The summed E-state index contributed by atoms with van der Waals surface area (Å²) in [5.41, 5.74) is 2.85. The zero-order chi connectivity index (χ0) is 13.0. The number of benzene rings is 1.